The molecule has 2 fully saturated rings. The van der Waals surface area contributed by atoms with Crippen molar-refractivity contribution in [3.05, 3.63) is 35.2 Å². The standard InChI is InChI=1S/C31H47N5O5/c1-20(2)28-34-29(41-35-28)36-16-13-22(14-17-36)9-8-18-39-23-11-12-24(21(3)19-23)27(37)26(25-10-7-15-32-25)33-30(38)40-31(4,5)6/h11-12,19-20,22,25-26,32H,7-10,13-18H2,1-6H3,(H,33,38)/t25-,26?/m1/s1. The van der Waals surface area contributed by atoms with E-state index >= 15 is 0 Å². The molecule has 0 bridgehead atoms. The van der Waals surface area contributed by atoms with Gasteiger partial charge in [-0.25, -0.2) is 4.79 Å². The lowest BCUT2D eigenvalue weighted by atomic mass is 9.92. The van der Waals surface area contributed by atoms with E-state index in [1.807, 2.05) is 45.9 Å². The van der Waals surface area contributed by atoms with Gasteiger partial charge < -0.3 is 29.5 Å². The van der Waals surface area contributed by atoms with Crippen LogP contribution >= 0.6 is 0 Å². The van der Waals surface area contributed by atoms with Crippen LogP contribution in [0.25, 0.3) is 0 Å². The minimum Gasteiger partial charge on any atom is -0.494 e. The quantitative estimate of drug-likeness (QED) is 0.271. The number of benzene rings is 1. The molecule has 3 heterocycles. The van der Waals surface area contributed by atoms with Crippen molar-refractivity contribution in [1.82, 2.24) is 20.8 Å². The van der Waals surface area contributed by atoms with Gasteiger partial charge in [-0.2, -0.15) is 4.98 Å². The Morgan fingerprint density at radius 1 is 1.20 bits per heavy atom. The Hall–Kier alpha value is -3.14. The second kappa shape index (κ2) is 13.7. The summed E-state index contributed by atoms with van der Waals surface area (Å²) in [6, 6.07) is 5.39. The van der Waals surface area contributed by atoms with Crippen molar-refractivity contribution in [1.29, 1.82) is 0 Å². The molecule has 4 rings (SSSR count). The number of nitrogens with one attached hydrogen (secondary N) is 2. The summed E-state index contributed by atoms with van der Waals surface area (Å²) in [6.45, 7) is 14.8. The van der Waals surface area contributed by atoms with E-state index in [1.165, 1.54) is 0 Å². The number of ether oxygens (including phenoxy) is 2. The number of hydrogen-bond donors (Lipinski definition) is 2. The molecule has 1 amide bonds. The number of anilines is 1. The molecule has 2 aromatic rings. The Labute approximate surface area is 243 Å². The summed E-state index contributed by atoms with van der Waals surface area (Å²) in [6.07, 6.45) is 5.49. The molecule has 0 aliphatic carbocycles. The van der Waals surface area contributed by atoms with Crippen molar-refractivity contribution in [2.45, 2.75) is 104 Å². The maximum absolute atomic E-state index is 13.6. The minimum absolute atomic E-state index is 0.119. The van der Waals surface area contributed by atoms with E-state index in [4.69, 9.17) is 14.0 Å². The van der Waals surface area contributed by atoms with Crippen LogP contribution < -0.4 is 20.3 Å². The molecule has 2 N–H and O–H groups in total. The molecule has 2 saturated heterocycles. The lowest BCUT2D eigenvalue weighted by molar-refractivity contribution is 0.0480. The first kappa shape index (κ1) is 30.8. The van der Waals surface area contributed by atoms with Gasteiger partial charge in [0.05, 0.1) is 6.61 Å². The van der Waals surface area contributed by atoms with Crippen LogP contribution in [-0.4, -0.2) is 65.9 Å². The van der Waals surface area contributed by atoms with E-state index in [0.717, 1.165) is 75.3 Å². The maximum Gasteiger partial charge on any atom is 0.408 e. The van der Waals surface area contributed by atoms with Crippen LogP contribution in [-0.2, 0) is 4.74 Å². The minimum atomic E-state index is -0.693. The number of amides is 1. The van der Waals surface area contributed by atoms with Crippen molar-refractivity contribution >= 4 is 17.9 Å². The van der Waals surface area contributed by atoms with Gasteiger partial charge in [-0.15, -0.1) is 0 Å². The first-order chi connectivity index (χ1) is 19.5. The van der Waals surface area contributed by atoms with Crippen LogP contribution in [0.4, 0.5) is 10.8 Å². The SMILES string of the molecule is Cc1cc(OCCCC2CCN(c3nc(C(C)C)no3)CC2)ccc1C(=O)C(NC(=O)OC(C)(C)C)[C@H]1CCCN1. The molecule has 0 radical (unpaired) electrons. The zero-order chi connectivity index (χ0) is 29.6. The van der Waals surface area contributed by atoms with Crippen LogP contribution in [0.2, 0.25) is 0 Å². The van der Waals surface area contributed by atoms with Crippen molar-refractivity contribution in [3.8, 4) is 5.75 Å². The average Bonchev–Trinajstić information content (AvgIpc) is 3.62. The molecule has 1 unspecified atom stereocenters. The molecule has 41 heavy (non-hydrogen) atoms. The molecule has 10 nitrogen and oxygen atoms in total. The number of aryl methyl sites for hydroxylation is 1. The fraction of sp³-hybridized carbons (Fsp3) is 0.677. The van der Waals surface area contributed by atoms with E-state index in [2.05, 4.69) is 39.5 Å². The van der Waals surface area contributed by atoms with E-state index in [9.17, 15) is 9.59 Å². The van der Waals surface area contributed by atoms with Crippen molar-refractivity contribution < 1.29 is 23.6 Å². The second-order valence-electron chi connectivity index (χ2n) is 12.7. The summed E-state index contributed by atoms with van der Waals surface area (Å²) in [7, 11) is 0. The third-order valence-corrected chi connectivity index (χ3v) is 7.78. The Morgan fingerprint density at radius 3 is 2.56 bits per heavy atom. The van der Waals surface area contributed by atoms with Gasteiger partial charge in [0.15, 0.2) is 11.6 Å². The normalized spacial score (nSPS) is 18.9. The Bertz CT molecular complexity index is 1160. The Morgan fingerprint density at radius 2 is 1.95 bits per heavy atom. The summed E-state index contributed by atoms with van der Waals surface area (Å²) in [5, 5.41) is 10.3. The summed E-state index contributed by atoms with van der Waals surface area (Å²) in [5.74, 6) is 2.31. The van der Waals surface area contributed by atoms with Crippen LogP contribution in [0, 0.1) is 12.8 Å². The predicted octanol–water partition coefficient (Wildman–Crippen LogP) is 5.41. The van der Waals surface area contributed by atoms with E-state index < -0.39 is 17.7 Å². The number of alkyl carbamates (subject to hydrolysis) is 1. The van der Waals surface area contributed by atoms with Gasteiger partial charge in [0.1, 0.15) is 17.4 Å². The van der Waals surface area contributed by atoms with Crippen molar-refractivity contribution in [3.63, 3.8) is 0 Å². The summed E-state index contributed by atoms with van der Waals surface area (Å²) < 4.78 is 16.9. The van der Waals surface area contributed by atoms with Crippen molar-refractivity contribution in [2.75, 3.05) is 31.1 Å². The number of aromatic nitrogens is 2. The third kappa shape index (κ3) is 8.67. The van der Waals surface area contributed by atoms with Gasteiger partial charge in [0.25, 0.3) is 0 Å². The molecule has 2 aliphatic rings. The summed E-state index contributed by atoms with van der Waals surface area (Å²) >= 11 is 0. The van der Waals surface area contributed by atoms with Gasteiger partial charge in [0, 0.05) is 30.6 Å². The number of ketones is 1. The summed E-state index contributed by atoms with van der Waals surface area (Å²) in [4.78, 5) is 32.8. The topological polar surface area (TPSA) is 119 Å². The largest absolute Gasteiger partial charge is 0.494 e. The number of hydrogen-bond acceptors (Lipinski definition) is 9. The molecular weight excluding hydrogens is 522 g/mol. The van der Waals surface area contributed by atoms with Gasteiger partial charge in [0.2, 0.25) is 0 Å². The third-order valence-electron chi connectivity index (χ3n) is 7.78. The van der Waals surface area contributed by atoms with Crippen LogP contribution in [0.3, 0.4) is 0 Å². The van der Waals surface area contributed by atoms with Crippen LogP contribution in [0.1, 0.15) is 101 Å². The highest BCUT2D eigenvalue weighted by atomic mass is 16.6. The van der Waals surface area contributed by atoms with Gasteiger partial charge in [-0.1, -0.05) is 19.0 Å². The molecule has 2 atom stereocenters. The average molecular weight is 570 g/mol. The molecule has 10 heteroatoms. The highest BCUT2D eigenvalue weighted by Gasteiger charge is 2.34. The number of carbonyl (C=O) groups excluding carboxylic acids is 2. The predicted molar refractivity (Wildman–Crippen MR) is 158 cm³/mol. The number of rotatable bonds is 11. The zero-order valence-electron chi connectivity index (χ0n) is 25.5. The molecule has 0 saturated carbocycles. The number of Topliss-reactive ketones (excluding diaryl/α,β-unsaturated/α-hetero) is 1. The molecule has 1 aromatic carbocycles. The van der Waals surface area contributed by atoms with E-state index in [0.29, 0.717) is 24.1 Å². The number of carbonyl (C=O) groups is 2. The lowest BCUT2D eigenvalue weighted by Crippen LogP contribution is -2.53. The first-order valence-electron chi connectivity index (χ1n) is 15.1. The Balaban J connectivity index is 1.24. The fourth-order valence-corrected chi connectivity index (χ4v) is 5.51. The lowest BCUT2D eigenvalue weighted by Gasteiger charge is -2.30. The number of nitrogens with zero attached hydrogens (tertiary/aromatic N) is 3. The highest BCUT2D eigenvalue weighted by Crippen LogP contribution is 2.27. The van der Waals surface area contributed by atoms with Gasteiger partial charge in [-0.3, -0.25) is 4.79 Å². The van der Waals surface area contributed by atoms with Crippen molar-refractivity contribution in [2.24, 2.45) is 5.92 Å². The fourth-order valence-electron chi connectivity index (χ4n) is 5.51. The smallest absolute Gasteiger partial charge is 0.408 e. The highest BCUT2D eigenvalue weighted by molar-refractivity contribution is 6.03. The first-order valence-corrected chi connectivity index (χ1v) is 15.1. The number of piperidine rings is 1. The molecule has 226 valence electrons. The second-order valence-corrected chi connectivity index (χ2v) is 12.7. The monoisotopic (exact) mass is 569 g/mol. The van der Waals surface area contributed by atoms with E-state index in [-0.39, 0.29) is 17.7 Å². The van der Waals surface area contributed by atoms with Crippen LogP contribution in [0.5, 0.6) is 5.75 Å². The van der Waals surface area contributed by atoms with Gasteiger partial charge in [-0.05, 0) is 102 Å². The Kier molecular flexibility index (Phi) is 10.3. The van der Waals surface area contributed by atoms with E-state index in [1.54, 1.807) is 0 Å². The van der Waals surface area contributed by atoms with Crippen LogP contribution in [0.15, 0.2) is 22.7 Å². The zero-order valence-corrected chi connectivity index (χ0v) is 25.5. The molecule has 1 aromatic heterocycles. The summed E-state index contributed by atoms with van der Waals surface area (Å²) in [5.41, 5.74) is 0.774. The van der Waals surface area contributed by atoms with Gasteiger partial charge >= 0.3 is 12.1 Å². The maximum atomic E-state index is 13.6. The molecular formula is C31H47N5O5. The molecule has 2 aliphatic heterocycles. The molecule has 0 spiro atoms.